The van der Waals surface area contributed by atoms with Gasteiger partial charge in [0.1, 0.15) is 5.75 Å². The predicted molar refractivity (Wildman–Crippen MR) is 89.6 cm³/mol. The van der Waals surface area contributed by atoms with Gasteiger partial charge in [-0.05, 0) is 42.5 Å². The fourth-order valence-corrected chi connectivity index (χ4v) is 2.38. The number of aromatic nitrogens is 1. The van der Waals surface area contributed by atoms with Crippen LogP contribution >= 0.6 is 11.6 Å². The maximum atomic E-state index is 6.05. The second kappa shape index (κ2) is 6.12. The summed E-state index contributed by atoms with van der Waals surface area (Å²) in [6.07, 6.45) is 0. The number of hydrogen-bond donors (Lipinski definition) is 1. The van der Waals surface area contributed by atoms with E-state index in [1.165, 1.54) is 0 Å². The lowest BCUT2D eigenvalue weighted by atomic mass is 10.1. The molecule has 0 saturated carbocycles. The van der Waals surface area contributed by atoms with Gasteiger partial charge < -0.3 is 14.8 Å². The van der Waals surface area contributed by atoms with Crippen molar-refractivity contribution in [2.45, 2.75) is 0 Å². The molecular formula is C17H15ClN2O2. The van der Waals surface area contributed by atoms with E-state index in [0.717, 1.165) is 28.0 Å². The third-order valence-electron chi connectivity index (χ3n) is 3.33. The molecule has 2 aromatic carbocycles. The molecule has 0 spiro atoms. The topological polar surface area (TPSA) is 43.4 Å². The molecule has 0 fully saturated rings. The molecule has 4 nitrogen and oxygen atoms in total. The van der Waals surface area contributed by atoms with Crippen LogP contribution in [0.15, 0.2) is 48.5 Å². The van der Waals surface area contributed by atoms with E-state index in [2.05, 4.69) is 10.3 Å². The number of fused-ring (bicyclic) bond motifs is 1. The van der Waals surface area contributed by atoms with E-state index in [1.807, 2.05) is 48.5 Å². The molecule has 0 bridgehead atoms. The minimum atomic E-state index is 0.533. The maximum Gasteiger partial charge on any atom is 0.215 e. The fraction of sp³-hybridized carbons (Fsp3) is 0.118. The first-order chi connectivity index (χ1) is 10.7. The third-order valence-corrected chi connectivity index (χ3v) is 3.56. The quantitative estimate of drug-likeness (QED) is 0.761. The predicted octanol–water partition coefficient (Wildman–Crippen LogP) is 4.65. The number of benzene rings is 2. The van der Waals surface area contributed by atoms with Crippen LogP contribution in [0.25, 0.3) is 10.9 Å². The Balaban J connectivity index is 2.04. The number of halogens is 1. The van der Waals surface area contributed by atoms with Crippen LogP contribution in [-0.4, -0.2) is 19.2 Å². The molecule has 112 valence electrons. The molecule has 0 amide bonds. The highest BCUT2D eigenvalue weighted by molar-refractivity contribution is 6.31. The van der Waals surface area contributed by atoms with Gasteiger partial charge in [-0.2, -0.15) is 0 Å². The zero-order valence-corrected chi connectivity index (χ0v) is 13.0. The summed E-state index contributed by atoms with van der Waals surface area (Å²) < 4.78 is 10.4. The van der Waals surface area contributed by atoms with Crippen molar-refractivity contribution >= 4 is 33.9 Å². The van der Waals surface area contributed by atoms with Crippen molar-refractivity contribution in [1.29, 1.82) is 0 Å². The molecule has 0 unspecified atom stereocenters. The SMILES string of the molecule is COc1ccc(Nc2cc(OC)nc3cc(Cl)ccc23)cc1. The average molecular weight is 315 g/mol. The molecule has 1 aromatic heterocycles. The summed E-state index contributed by atoms with van der Waals surface area (Å²) in [5.41, 5.74) is 2.64. The van der Waals surface area contributed by atoms with Gasteiger partial charge in [0.2, 0.25) is 5.88 Å². The van der Waals surface area contributed by atoms with E-state index in [0.29, 0.717) is 10.9 Å². The van der Waals surface area contributed by atoms with Crippen molar-refractivity contribution in [1.82, 2.24) is 4.98 Å². The Morgan fingerprint density at radius 2 is 1.73 bits per heavy atom. The average Bonchev–Trinajstić information content (AvgIpc) is 2.55. The van der Waals surface area contributed by atoms with Gasteiger partial charge in [0.05, 0.1) is 25.4 Å². The third kappa shape index (κ3) is 2.92. The lowest BCUT2D eigenvalue weighted by Crippen LogP contribution is -1.96. The summed E-state index contributed by atoms with van der Waals surface area (Å²) >= 11 is 6.05. The number of anilines is 2. The van der Waals surface area contributed by atoms with Crippen molar-refractivity contribution in [2.24, 2.45) is 0 Å². The number of methoxy groups -OCH3 is 2. The first-order valence-corrected chi connectivity index (χ1v) is 7.13. The van der Waals surface area contributed by atoms with E-state index in [4.69, 9.17) is 21.1 Å². The molecule has 1 N–H and O–H groups in total. The molecule has 0 radical (unpaired) electrons. The summed E-state index contributed by atoms with van der Waals surface area (Å²) in [6, 6.07) is 15.2. The number of ether oxygens (including phenoxy) is 2. The van der Waals surface area contributed by atoms with Gasteiger partial charge in [0, 0.05) is 22.2 Å². The zero-order chi connectivity index (χ0) is 15.5. The number of pyridine rings is 1. The number of nitrogens with one attached hydrogen (secondary N) is 1. The molecule has 0 atom stereocenters. The molecule has 22 heavy (non-hydrogen) atoms. The minimum absolute atomic E-state index is 0.533. The van der Waals surface area contributed by atoms with E-state index >= 15 is 0 Å². The van der Waals surface area contributed by atoms with Crippen molar-refractivity contribution in [2.75, 3.05) is 19.5 Å². The van der Waals surface area contributed by atoms with E-state index < -0.39 is 0 Å². The molecule has 3 aromatic rings. The molecule has 0 aliphatic carbocycles. The van der Waals surface area contributed by atoms with Crippen molar-refractivity contribution in [3.05, 3.63) is 53.6 Å². The van der Waals surface area contributed by atoms with Gasteiger partial charge in [0.25, 0.3) is 0 Å². The van der Waals surface area contributed by atoms with E-state index in [1.54, 1.807) is 14.2 Å². The molecule has 3 rings (SSSR count). The highest BCUT2D eigenvalue weighted by Gasteiger charge is 2.07. The van der Waals surface area contributed by atoms with Crippen molar-refractivity contribution in [3.63, 3.8) is 0 Å². The normalized spacial score (nSPS) is 10.5. The van der Waals surface area contributed by atoms with E-state index in [-0.39, 0.29) is 0 Å². The smallest absolute Gasteiger partial charge is 0.215 e. The Morgan fingerprint density at radius 1 is 0.955 bits per heavy atom. The van der Waals surface area contributed by atoms with Gasteiger partial charge in [-0.1, -0.05) is 11.6 Å². The lowest BCUT2D eigenvalue weighted by molar-refractivity contribution is 0.400. The Kier molecular flexibility index (Phi) is 4.02. The second-order valence-corrected chi connectivity index (χ2v) is 5.16. The van der Waals surface area contributed by atoms with Crippen LogP contribution in [0, 0.1) is 0 Å². The van der Waals surface area contributed by atoms with E-state index in [9.17, 15) is 0 Å². The summed E-state index contributed by atoms with van der Waals surface area (Å²) in [5.74, 6) is 1.35. The summed E-state index contributed by atoms with van der Waals surface area (Å²) in [5, 5.41) is 4.99. The van der Waals surface area contributed by atoms with Crippen LogP contribution < -0.4 is 14.8 Å². The molecule has 1 heterocycles. The second-order valence-electron chi connectivity index (χ2n) is 4.73. The van der Waals surface area contributed by atoms with Crippen LogP contribution in [0.5, 0.6) is 11.6 Å². The number of hydrogen-bond acceptors (Lipinski definition) is 4. The van der Waals surface area contributed by atoms with Gasteiger partial charge in [0.15, 0.2) is 0 Å². The Hall–Kier alpha value is -2.46. The first kappa shape index (κ1) is 14.5. The molecule has 0 saturated heterocycles. The minimum Gasteiger partial charge on any atom is -0.497 e. The molecular weight excluding hydrogens is 300 g/mol. The summed E-state index contributed by atoms with van der Waals surface area (Å²) in [4.78, 5) is 4.42. The largest absolute Gasteiger partial charge is 0.497 e. The molecule has 0 aliphatic rings. The monoisotopic (exact) mass is 314 g/mol. The van der Waals surface area contributed by atoms with Crippen LogP contribution in [0.2, 0.25) is 5.02 Å². The number of nitrogens with zero attached hydrogens (tertiary/aromatic N) is 1. The molecule has 5 heteroatoms. The summed E-state index contributed by atoms with van der Waals surface area (Å²) in [7, 11) is 3.24. The Bertz CT molecular complexity index is 804. The van der Waals surface area contributed by atoms with Crippen molar-refractivity contribution in [3.8, 4) is 11.6 Å². The first-order valence-electron chi connectivity index (χ1n) is 6.75. The Morgan fingerprint density at radius 3 is 2.41 bits per heavy atom. The van der Waals surface area contributed by atoms with Gasteiger partial charge in [-0.15, -0.1) is 0 Å². The van der Waals surface area contributed by atoms with Crippen LogP contribution in [0.4, 0.5) is 11.4 Å². The van der Waals surface area contributed by atoms with Crippen LogP contribution in [0.1, 0.15) is 0 Å². The lowest BCUT2D eigenvalue weighted by Gasteiger charge is -2.12. The highest BCUT2D eigenvalue weighted by Crippen LogP contribution is 2.31. The highest BCUT2D eigenvalue weighted by atomic mass is 35.5. The van der Waals surface area contributed by atoms with Crippen molar-refractivity contribution < 1.29 is 9.47 Å². The zero-order valence-electron chi connectivity index (χ0n) is 12.3. The standard InChI is InChI=1S/C17H15ClN2O2/c1-21-13-6-4-12(5-7-13)19-16-10-17(22-2)20-15-9-11(18)3-8-14(15)16/h3-10H,1-2H3,(H,19,20). The fourth-order valence-electron chi connectivity index (χ4n) is 2.22. The van der Waals surface area contributed by atoms with Gasteiger partial charge in [-0.25, -0.2) is 4.98 Å². The van der Waals surface area contributed by atoms with Crippen LogP contribution in [0.3, 0.4) is 0 Å². The van der Waals surface area contributed by atoms with Gasteiger partial charge in [-0.3, -0.25) is 0 Å². The summed E-state index contributed by atoms with van der Waals surface area (Å²) in [6.45, 7) is 0. The number of rotatable bonds is 4. The maximum absolute atomic E-state index is 6.05. The van der Waals surface area contributed by atoms with Crippen LogP contribution in [-0.2, 0) is 0 Å². The molecule has 0 aliphatic heterocycles. The Labute approximate surface area is 133 Å². The van der Waals surface area contributed by atoms with Gasteiger partial charge >= 0.3 is 0 Å².